The monoisotopic (exact) mass is 299 g/mol. The zero-order valence-electron chi connectivity index (χ0n) is 11.1. The van der Waals surface area contributed by atoms with Crippen molar-refractivity contribution in [3.63, 3.8) is 0 Å². The van der Waals surface area contributed by atoms with Gasteiger partial charge in [-0.05, 0) is 25.1 Å². The lowest BCUT2D eigenvalue weighted by molar-refractivity contribution is -0.137. The molecule has 0 amide bonds. The third-order valence-electron chi connectivity index (χ3n) is 2.91. The minimum atomic E-state index is -4.52. The molecule has 0 saturated heterocycles. The minimum Gasteiger partial charge on any atom is -0.384 e. The molecule has 1 unspecified atom stereocenters. The zero-order chi connectivity index (χ0) is 15.6. The highest BCUT2D eigenvalue weighted by Gasteiger charge is 2.31. The molecule has 0 aliphatic carbocycles. The molecule has 1 atom stereocenters. The Labute approximate surface area is 118 Å². The Kier molecular flexibility index (Phi) is 4.02. The van der Waals surface area contributed by atoms with Gasteiger partial charge in [0.25, 0.3) is 0 Å². The Hall–Kier alpha value is -2.31. The van der Waals surface area contributed by atoms with Gasteiger partial charge in [-0.25, -0.2) is 9.37 Å². The second-order valence-electron chi connectivity index (χ2n) is 4.55. The van der Waals surface area contributed by atoms with Gasteiger partial charge >= 0.3 is 6.18 Å². The normalized spacial score (nSPS) is 13.0. The fourth-order valence-corrected chi connectivity index (χ4v) is 1.92. The quantitative estimate of drug-likeness (QED) is 0.842. The number of nitrogens with zero attached hydrogens (tertiary/aromatic N) is 1. The van der Waals surface area contributed by atoms with E-state index in [0.29, 0.717) is 5.56 Å². The molecule has 3 N–H and O–H groups in total. The predicted molar refractivity (Wildman–Crippen MR) is 72.1 cm³/mol. The molecular formula is C14H13F4N3. The Bertz CT molecular complexity index is 640. The van der Waals surface area contributed by atoms with Crippen molar-refractivity contribution in [1.29, 1.82) is 0 Å². The zero-order valence-corrected chi connectivity index (χ0v) is 11.1. The van der Waals surface area contributed by atoms with Crippen LogP contribution in [0, 0.1) is 5.82 Å². The summed E-state index contributed by atoms with van der Waals surface area (Å²) in [4.78, 5) is 3.79. The van der Waals surface area contributed by atoms with Crippen molar-refractivity contribution in [2.45, 2.75) is 19.1 Å². The highest BCUT2D eigenvalue weighted by Crippen LogP contribution is 2.32. The maximum Gasteiger partial charge on any atom is 0.416 e. The topological polar surface area (TPSA) is 50.9 Å². The molecular weight excluding hydrogens is 286 g/mol. The number of aromatic nitrogens is 1. The molecule has 21 heavy (non-hydrogen) atoms. The molecule has 0 aliphatic heterocycles. The first-order chi connectivity index (χ1) is 9.77. The number of pyridine rings is 1. The fraction of sp³-hybridized carbons (Fsp3) is 0.214. The van der Waals surface area contributed by atoms with Crippen LogP contribution >= 0.6 is 0 Å². The van der Waals surface area contributed by atoms with Crippen LogP contribution in [0.25, 0.3) is 0 Å². The average Bonchev–Trinajstić information content (AvgIpc) is 2.37. The first kappa shape index (κ1) is 15.1. The molecule has 0 aliphatic rings. The lowest BCUT2D eigenvalue weighted by Crippen LogP contribution is -2.13. The molecule has 0 fully saturated rings. The van der Waals surface area contributed by atoms with E-state index in [0.717, 1.165) is 12.1 Å². The molecule has 2 rings (SSSR count). The number of anilines is 2. The molecule has 3 nitrogen and oxygen atoms in total. The number of hydrogen-bond acceptors (Lipinski definition) is 3. The van der Waals surface area contributed by atoms with Crippen LogP contribution in [-0.2, 0) is 6.18 Å². The van der Waals surface area contributed by atoms with Crippen molar-refractivity contribution < 1.29 is 17.6 Å². The highest BCUT2D eigenvalue weighted by molar-refractivity contribution is 5.48. The van der Waals surface area contributed by atoms with Gasteiger partial charge in [-0.2, -0.15) is 13.2 Å². The van der Waals surface area contributed by atoms with Crippen molar-refractivity contribution in [3.05, 3.63) is 53.3 Å². The summed E-state index contributed by atoms with van der Waals surface area (Å²) < 4.78 is 51.7. The molecule has 0 bridgehead atoms. The smallest absolute Gasteiger partial charge is 0.384 e. The number of nitrogen functional groups attached to an aromatic ring is 1. The maximum absolute atomic E-state index is 13.6. The van der Waals surface area contributed by atoms with E-state index in [1.54, 1.807) is 19.1 Å². The molecule has 0 spiro atoms. The van der Waals surface area contributed by atoms with Gasteiger partial charge in [0.1, 0.15) is 17.5 Å². The summed E-state index contributed by atoms with van der Waals surface area (Å²) in [5.74, 6) is -0.761. The van der Waals surface area contributed by atoms with Gasteiger partial charge in [0.2, 0.25) is 0 Å². The largest absolute Gasteiger partial charge is 0.416 e. The fourth-order valence-electron chi connectivity index (χ4n) is 1.92. The van der Waals surface area contributed by atoms with Crippen LogP contribution < -0.4 is 11.1 Å². The Balaban J connectivity index is 2.28. The third-order valence-corrected chi connectivity index (χ3v) is 2.91. The first-order valence-corrected chi connectivity index (χ1v) is 6.13. The predicted octanol–water partition coefficient (Wildman–Crippen LogP) is 3.99. The van der Waals surface area contributed by atoms with Crippen LogP contribution in [0.15, 0.2) is 36.4 Å². The van der Waals surface area contributed by atoms with Gasteiger partial charge in [0.15, 0.2) is 0 Å². The van der Waals surface area contributed by atoms with Crippen LogP contribution in [0.3, 0.4) is 0 Å². The Morgan fingerprint density at radius 1 is 1.19 bits per heavy atom. The molecule has 2 aromatic rings. The molecule has 0 saturated carbocycles. The summed E-state index contributed by atoms with van der Waals surface area (Å²) in [5, 5.41) is 2.72. The van der Waals surface area contributed by atoms with Gasteiger partial charge in [-0.15, -0.1) is 0 Å². The number of benzene rings is 1. The summed E-state index contributed by atoms with van der Waals surface area (Å²) >= 11 is 0. The third kappa shape index (κ3) is 3.62. The Morgan fingerprint density at radius 2 is 1.86 bits per heavy atom. The molecule has 1 heterocycles. The SMILES string of the molecule is CC(Nc1cc(C(F)(F)F)cc(N)n1)c1ccccc1F. The lowest BCUT2D eigenvalue weighted by atomic mass is 10.1. The second-order valence-corrected chi connectivity index (χ2v) is 4.55. The van der Waals surface area contributed by atoms with Gasteiger partial charge in [-0.1, -0.05) is 18.2 Å². The molecule has 1 aromatic heterocycles. The molecule has 0 radical (unpaired) electrons. The van der Waals surface area contributed by atoms with Crippen molar-refractivity contribution in [2.24, 2.45) is 0 Å². The molecule has 7 heteroatoms. The summed E-state index contributed by atoms with van der Waals surface area (Å²) in [7, 11) is 0. The number of nitrogens with two attached hydrogens (primary N) is 1. The van der Waals surface area contributed by atoms with Gasteiger partial charge in [0.05, 0.1) is 11.6 Å². The van der Waals surface area contributed by atoms with E-state index in [1.807, 2.05) is 0 Å². The number of halogens is 4. The Morgan fingerprint density at radius 3 is 2.48 bits per heavy atom. The first-order valence-electron chi connectivity index (χ1n) is 6.13. The van der Waals surface area contributed by atoms with Crippen molar-refractivity contribution >= 4 is 11.6 Å². The highest BCUT2D eigenvalue weighted by atomic mass is 19.4. The summed E-state index contributed by atoms with van der Waals surface area (Å²) in [6.07, 6.45) is -4.52. The van der Waals surface area contributed by atoms with Crippen molar-refractivity contribution in [2.75, 3.05) is 11.1 Å². The van der Waals surface area contributed by atoms with Crippen molar-refractivity contribution in [1.82, 2.24) is 4.98 Å². The lowest BCUT2D eigenvalue weighted by Gasteiger charge is -2.17. The average molecular weight is 299 g/mol. The van der Waals surface area contributed by atoms with Gasteiger partial charge in [-0.3, -0.25) is 0 Å². The van der Waals surface area contributed by atoms with Crippen molar-refractivity contribution in [3.8, 4) is 0 Å². The summed E-state index contributed by atoms with van der Waals surface area (Å²) in [6.45, 7) is 1.62. The van der Waals surface area contributed by atoms with Crippen LogP contribution in [0.4, 0.5) is 29.2 Å². The van der Waals surface area contributed by atoms with E-state index < -0.39 is 23.6 Å². The minimum absolute atomic E-state index is 0.0573. The second kappa shape index (κ2) is 5.59. The van der Waals surface area contributed by atoms with Gasteiger partial charge in [0, 0.05) is 5.56 Å². The van der Waals surface area contributed by atoms with E-state index in [1.165, 1.54) is 12.1 Å². The number of hydrogen-bond donors (Lipinski definition) is 2. The van der Waals surface area contributed by atoms with E-state index in [-0.39, 0.29) is 11.6 Å². The van der Waals surface area contributed by atoms with Crippen LogP contribution in [-0.4, -0.2) is 4.98 Å². The van der Waals surface area contributed by atoms with Crippen LogP contribution in [0.1, 0.15) is 24.1 Å². The molecule has 1 aromatic carbocycles. The van der Waals surface area contributed by atoms with Crippen LogP contribution in [0.2, 0.25) is 0 Å². The van der Waals surface area contributed by atoms with E-state index in [9.17, 15) is 17.6 Å². The van der Waals surface area contributed by atoms with E-state index in [4.69, 9.17) is 5.73 Å². The van der Waals surface area contributed by atoms with E-state index in [2.05, 4.69) is 10.3 Å². The standard InChI is InChI=1S/C14H13F4N3/c1-8(10-4-2-3-5-11(10)15)20-13-7-9(14(16,17)18)6-12(19)21-13/h2-8H,1H3,(H3,19,20,21). The summed E-state index contributed by atoms with van der Waals surface area (Å²) in [6, 6.07) is 7.04. The number of nitrogens with one attached hydrogen (secondary N) is 1. The number of rotatable bonds is 3. The summed E-state index contributed by atoms with van der Waals surface area (Å²) in [5.41, 5.74) is 4.80. The van der Waals surface area contributed by atoms with Crippen LogP contribution in [0.5, 0.6) is 0 Å². The number of alkyl halides is 3. The maximum atomic E-state index is 13.6. The molecule has 112 valence electrons. The van der Waals surface area contributed by atoms with E-state index >= 15 is 0 Å². The van der Waals surface area contributed by atoms with Gasteiger partial charge < -0.3 is 11.1 Å².